The molecule has 0 fully saturated rings. The Balaban J connectivity index is 1.71. The van der Waals surface area contributed by atoms with Gasteiger partial charge in [0.15, 0.2) is 0 Å². The van der Waals surface area contributed by atoms with Gasteiger partial charge in [-0.25, -0.2) is 0 Å². The molecule has 126 valence electrons. The van der Waals surface area contributed by atoms with Crippen LogP contribution in [-0.2, 0) is 17.8 Å². The molecule has 1 unspecified atom stereocenters. The number of benzene rings is 2. The van der Waals surface area contributed by atoms with E-state index in [1.165, 1.54) is 11.1 Å². The zero-order chi connectivity index (χ0) is 17.1. The van der Waals surface area contributed by atoms with Gasteiger partial charge >= 0.3 is 0 Å². The first-order valence-electron chi connectivity index (χ1n) is 8.35. The summed E-state index contributed by atoms with van der Waals surface area (Å²) in [4.78, 5) is 14.9. The fourth-order valence-electron chi connectivity index (χ4n) is 3.17. The Bertz CT molecular complexity index is 742. The second-order valence-electron chi connectivity index (χ2n) is 6.36. The van der Waals surface area contributed by atoms with Crippen molar-refractivity contribution < 1.29 is 9.53 Å². The van der Waals surface area contributed by atoms with E-state index in [4.69, 9.17) is 4.74 Å². The number of fused-ring (bicyclic) bond motifs is 1. The third-order valence-electron chi connectivity index (χ3n) is 4.70. The minimum Gasteiger partial charge on any atom is -0.495 e. The number of anilines is 1. The third-order valence-corrected chi connectivity index (χ3v) is 4.70. The van der Waals surface area contributed by atoms with Crippen LogP contribution in [0.2, 0.25) is 0 Å². The molecule has 0 bridgehead atoms. The summed E-state index contributed by atoms with van der Waals surface area (Å²) >= 11 is 0. The van der Waals surface area contributed by atoms with E-state index in [1.807, 2.05) is 32.0 Å². The molecule has 0 aromatic heterocycles. The van der Waals surface area contributed by atoms with Gasteiger partial charge in [-0.3, -0.25) is 9.69 Å². The van der Waals surface area contributed by atoms with Crippen molar-refractivity contribution in [1.82, 2.24) is 4.90 Å². The number of carbonyl (C=O) groups is 1. The predicted molar refractivity (Wildman–Crippen MR) is 96.4 cm³/mol. The van der Waals surface area contributed by atoms with E-state index in [0.29, 0.717) is 5.75 Å². The fraction of sp³-hybridized carbons (Fsp3) is 0.350. The molecule has 1 aliphatic rings. The van der Waals surface area contributed by atoms with Gasteiger partial charge in [0.1, 0.15) is 5.75 Å². The van der Waals surface area contributed by atoms with Crippen molar-refractivity contribution in [2.45, 2.75) is 32.9 Å². The van der Waals surface area contributed by atoms with Crippen LogP contribution in [0, 0.1) is 6.92 Å². The molecule has 0 saturated carbocycles. The topological polar surface area (TPSA) is 41.6 Å². The number of aryl methyl sites for hydroxylation is 1. The normalized spacial score (nSPS) is 15.5. The summed E-state index contributed by atoms with van der Waals surface area (Å²) in [6.45, 7) is 5.68. The number of ether oxygens (including phenoxy) is 1. The van der Waals surface area contributed by atoms with Crippen molar-refractivity contribution in [3.8, 4) is 5.75 Å². The Morgan fingerprint density at radius 1 is 1.21 bits per heavy atom. The average Bonchev–Trinajstić information content (AvgIpc) is 2.61. The van der Waals surface area contributed by atoms with Crippen LogP contribution in [0.5, 0.6) is 5.75 Å². The van der Waals surface area contributed by atoms with E-state index >= 15 is 0 Å². The largest absolute Gasteiger partial charge is 0.495 e. The number of amides is 1. The lowest BCUT2D eigenvalue weighted by molar-refractivity contribution is -0.121. The smallest absolute Gasteiger partial charge is 0.241 e. The number of rotatable bonds is 4. The fourth-order valence-corrected chi connectivity index (χ4v) is 3.17. The van der Waals surface area contributed by atoms with Crippen molar-refractivity contribution >= 4 is 11.6 Å². The highest BCUT2D eigenvalue weighted by Gasteiger charge is 2.25. The van der Waals surface area contributed by atoms with Crippen LogP contribution in [0.4, 0.5) is 5.69 Å². The molecule has 24 heavy (non-hydrogen) atoms. The van der Waals surface area contributed by atoms with E-state index in [-0.39, 0.29) is 11.9 Å². The molecule has 1 N–H and O–H groups in total. The Morgan fingerprint density at radius 2 is 1.96 bits per heavy atom. The molecule has 1 heterocycles. The second kappa shape index (κ2) is 7.05. The van der Waals surface area contributed by atoms with Crippen molar-refractivity contribution in [2.24, 2.45) is 0 Å². The zero-order valence-corrected chi connectivity index (χ0v) is 14.5. The molecular formula is C20H24N2O2. The van der Waals surface area contributed by atoms with E-state index in [1.54, 1.807) is 7.11 Å². The number of methoxy groups -OCH3 is 1. The Morgan fingerprint density at radius 3 is 2.71 bits per heavy atom. The molecule has 2 aromatic carbocycles. The molecule has 1 amide bonds. The molecular weight excluding hydrogens is 300 g/mol. The van der Waals surface area contributed by atoms with E-state index < -0.39 is 0 Å². The predicted octanol–water partition coefficient (Wildman–Crippen LogP) is 3.39. The maximum atomic E-state index is 12.7. The molecule has 0 radical (unpaired) electrons. The molecule has 0 spiro atoms. The maximum Gasteiger partial charge on any atom is 0.241 e. The lowest BCUT2D eigenvalue weighted by Gasteiger charge is -2.33. The lowest BCUT2D eigenvalue weighted by Crippen LogP contribution is -2.44. The standard InChI is InChI=1S/C20H24N2O2/c1-14-8-9-19(24-3)18(12-14)21-20(23)15(2)22-11-10-16-6-4-5-7-17(16)13-22/h4-9,12,15H,10-11,13H2,1-3H3,(H,21,23). The third kappa shape index (κ3) is 3.44. The van der Waals surface area contributed by atoms with Crippen LogP contribution in [0.15, 0.2) is 42.5 Å². The van der Waals surface area contributed by atoms with E-state index in [9.17, 15) is 4.79 Å². The van der Waals surface area contributed by atoms with Gasteiger partial charge in [-0.2, -0.15) is 0 Å². The minimum absolute atomic E-state index is 0.00159. The van der Waals surface area contributed by atoms with Gasteiger partial charge in [0.25, 0.3) is 0 Å². The minimum atomic E-state index is -0.191. The van der Waals surface area contributed by atoms with Crippen molar-refractivity contribution in [3.05, 3.63) is 59.2 Å². The summed E-state index contributed by atoms with van der Waals surface area (Å²) in [6, 6.07) is 14.1. The number of carbonyl (C=O) groups excluding carboxylic acids is 1. The van der Waals surface area contributed by atoms with Crippen LogP contribution in [0.3, 0.4) is 0 Å². The molecule has 0 saturated heterocycles. The first-order valence-corrected chi connectivity index (χ1v) is 8.35. The van der Waals surface area contributed by atoms with Gasteiger partial charge in [-0.15, -0.1) is 0 Å². The van der Waals surface area contributed by atoms with E-state index in [0.717, 1.165) is 30.8 Å². The van der Waals surface area contributed by atoms with Crippen molar-refractivity contribution in [1.29, 1.82) is 0 Å². The zero-order valence-electron chi connectivity index (χ0n) is 14.5. The highest BCUT2D eigenvalue weighted by molar-refractivity contribution is 5.96. The lowest BCUT2D eigenvalue weighted by atomic mass is 9.99. The summed E-state index contributed by atoms with van der Waals surface area (Å²) in [7, 11) is 1.62. The summed E-state index contributed by atoms with van der Waals surface area (Å²) in [5.41, 5.74) is 4.52. The number of nitrogens with one attached hydrogen (secondary N) is 1. The monoisotopic (exact) mass is 324 g/mol. The van der Waals surface area contributed by atoms with Crippen LogP contribution in [-0.4, -0.2) is 30.5 Å². The van der Waals surface area contributed by atoms with Gasteiger partial charge in [-0.1, -0.05) is 30.3 Å². The summed E-state index contributed by atoms with van der Waals surface area (Å²) in [5.74, 6) is 0.684. The Hall–Kier alpha value is -2.33. The summed E-state index contributed by atoms with van der Waals surface area (Å²) in [5, 5.41) is 3.02. The number of hydrogen-bond acceptors (Lipinski definition) is 3. The van der Waals surface area contributed by atoms with Crippen LogP contribution in [0.1, 0.15) is 23.6 Å². The number of nitrogens with zero attached hydrogens (tertiary/aromatic N) is 1. The highest BCUT2D eigenvalue weighted by atomic mass is 16.5. The van der Waals surface area contributed by atoms with Crippen molar-refractivity contribution in [2.75, 3.05) is 19.0 Å². The molecule has 0 aliphatic carbocycles. The highest BCUT2D eigenvalue weighted by Crippen LogP contribution is 2.26. The Labute approximate surface area is 143 Å². The molecule has 4 heteroatoms. The van der Waals surface area contributed by atoms with Crippen molar-refractivity contribution in [3.63, 3.8) is 0 Å². The number of hydrogen-bond donors (Lipinski definition) is 1. The SMILES string of the molecule is COc1ccc(C)cc1NC(=O)C(C)N1CCc2ccccc2C1. The van der Waals surface area contributed by atoms with E-state index in [2.05, 4.69) is 34.5 Å². The average molecular weight is 324 g/mol. The van der Waals surface area contributed by atoms with Gasteiger partial charge < -0.3 is 10.1 Å². The Kier molecular flexibility index (Phi) is 4.86. The van der Waals surface area contributed by atoms with Gasteiger partial charge in [0.05, 0.1) is 18.8 Å². The molecule has 1 aliphatic heterocycles. The van der Waals surface area contributed by atoms with Crippen LogP contribution in [0.25, 0.3) is 0 Å². The molecule has 2 aromatic rings. The first kappa shape index (κ1) is 16.5. The van der Waals surface area contributed by atoms with Crippen LogP contribution < -0.4 is 10.1 Å². The van der Waals surface area contributed by atoms with Crippen LogP contribution >= 0.6 is 0 Å². The first-order chi connectivity index (χ1) is 11.6. The molecule has 3 rings (SSSR count). The second-order valence-corrected chi connectivity index (χ2v) is 6.36. The van der Waals surface area contributed by atoms with Gasteiger partial charge in [-0.05, 0) is 49.1 Å². The maximum absolute atomic E-state index is 12.7. The van der Waals surface area contributed by atoms with Gasteiger partial charge in [0.2, 0.25) is 5.91 Å². The molecule has 4 nitrogen and oxygen atoms in total. The summed E-state index contributed by atoms with van der Waals surface area (Å²) < 4.78 is 5.34. The quantitative estimate of drug-likeness (QED) is 0.937. The summed E-state index contributed by atoms with van der Waals surface area (Å²) in [6.07, 6.45) is 0.988. The van der Waals surface area contributed by atoms with Gasteiger partial charge in [0, 0.05) is 13.1 Å². The molecule has 1 atom stereocenters.